The topological polar surface area (TPSA) is 81.3 Å². The second-order valence-corrected chi connectivity index (χ2v) is 6.97. The van der Waals surface area contributed by atoms with Crippen molar-refractivity contribution in [3.8, 4) is 11.5 Å². The van der Waals surface area contributed by atoms with Crippen LogP contribution in [0, 0.1) is 0 Å². The monoisotopic (exact) mass is 427 g/mol. The zero-order valence-electron chi connectivity index (χ0n) is 16.1. The number of aromatic nitrogens is 6. The summed E-state index contributed by atoms with van der Waals surface area (Å²) in [5.41, 5.74) is 0.636. The van der Waals surface area contributed by atoms with Crippen LogP contribution in [0.5, 0.6) is 0 Å². The molecule has 5 rings (SSSR count). The van der Waals surface area contributed by atoms with Gasteiger partial charge in [0.15, 0.2) is 17.2 Å². The van der Waals surface area contributed by atoms with E-state index >= 15 is 0 Å². The van der Waals surface area contributed by atoms with Gasteiger partial charge in [-0.15, -0.1) is 0 Å². The molecule has 1 atom stereocenters. The first-order chi connectivity index (χ1) is 15.0. The molecule has 0 aromatic carbocycles. The minimum atomic E-state index is -4.56. The normalized spacial score (nSPS) is 17.3. The summed E-state index contributed by atoms with van der Waals surface area (Å²) < 4.78 is 46.4. The molecule has 1 aliphatic rings. The maximum atomic E-state index is 13.1. The van der Waals surface area contributed by atoms with Crippen LogP contribution in [0.2, 0.25) is 0 Å². The van der Waals surface area contributed by atoms with E-state index < -0.39 is 11.9 Å². The molecule has 5 heterocycles. The Kier molecular flexibility index (Phi) is 4.74. The van der Waals surface area contributed by atoms with Crippen molar-refractivity contribution in [3.63, 3.8) is 0 Å². The molecule has 1 unspecified atom stereocenters. The number of halogens is 3. The predicted molar refractivity (Wildman–Crippen MR) is 104 cm³/mol. The molecule has 0 amide bonds. The Labute approximate surface area is 174 Å². The highest BCUT2D eigenvalue weighted by atomic mass is 19.4. The number of ether oxygens (including phenoxy) is 1. The van der Waals surface area contributed by atoms with Crippen molar-refractivity contribution in [2.24, 2.45) is 0 Å². The van der Waals surface area contributed by atoms with Crippen molar-refractivity contribution in [3.05, 3.63) is 66.6 Å². The van der Waals surface area contributed by atoms with Crippen molar-refractivity contribution >= 4 is 11.5 Å². The van der Waals surface area contributed by atoms with Gasteiger partial charge in [0.2, 0.25) is 0 Å². The Bertz CT molecular complexity index is 1210. The average molecular weight is 427 g/mol. The van der Waals surface area contributed by atoms with E-state index in [4.69, 9.17) is 4.74 Å². The molecule has 8 nitrogen and oxygen atoms in total. The number of anilines is 1. The Morgan fingerprint density at radius 1 is 1.00 bits per heavy atom. The van der Waals surface area contributed by atoms with E-state index in [1.54, 1.807) is 24.7 Å². The summed E-state index contributed by atoms with van der Waals surface area (Å²) >= 11 is 0. The standard InChI is InChI=1S/C20H16F3N7O/c21-20(22,23)16-12-30-14(9-27-18(30)10-26-16)19-25-6-3-17(28-19)29-7-8-31-15(11-29)13-1-4-24-5-2-13/h1-6,9-10,12,15H,7-8,11H2. The highest BCUT2D eigenvalue weighted by Crippen LogP contribution is 2.29. The first-order valence-electron chi connectivity index (χ1n) is 9.49. The summed E-state index contributed by atoms with van der Waals surface area (Å²) in [6, 6.07) is 5.58. The fraction of sp³-hybridized carbons (Fsp3) is 0.250. The van der Waals surface area contributed by atoms with Crippen LogP contribution in [-0.2, 0) is 10.9 Å². The Morgan fingerprint density at radius 2 is 1.84 bits per heavy atom. The molecule has 158 valence electrons. The number of rotatable bonds is 3. The third kappa shape index (κ3) is 3.79. The van der Waals surface area contributed by atoms with Crippen molar-refractivity contribution in [2.45, 2.75) is 12.3 Å². The summed E-state index contributed by atoms with van der Waals surface area (Å²) in [7, 11) is 0. The van der Waals surface area contributed by atoms with Gasteiger partial charge in [-0.2, -0.15) is 13.2 Å². The highest BCUT2D eigenvalue weighted by molar-refractivity contribution is 5.58. The van der Waals surface area contributed by atoms with Gasteiger partial charge in [-0.3, -0.25) is 9.38 Å². The van der Waals surface area contributed by atoms with Gasteiger partial charge in [-0.1, -0.05) is 0 Å². The van der Waals surface area contributed by atoms with E-state index in [1.165, 1.54) is 10.6 Å². The molecule has 1 saturated heterocycles. The lowest BCUT2D eigenvalue weighted by atomic mass is 10.1. The maximum absolute atomic E-state index is 13.1. The first kappa shape index (κ1) is 19.4. The average Bonchev–Trinajstić information content (AvgIpc) is 3.23. The third-order valence-corrected chi connectivity index (χ3v) is 5.02. The smallest absolute Gasteiger partial charge is 0.370 e. The molecule has 4 aromatic heterocycles. The Hall–Kier alpha value is -3.60. The lowest BCUT2D eigenvalue weighted by Gasteiger charge is -2.34. The number of fused-ring (bicyclic) bond motifs is 1. The van der Waals surface area contributed by atoms with Gasteiger partial charge < -0.3 is 9.64 Å². The molecule has 0 radical (unpaired) electrons. The van der Waals surface area contributed by atoms with Crippen molar-refractivity contribution < 1.29 is 17.9 Å². The number of morpholine rings is 1. The molecule has 31 heavy (non-hydrogen) atoms. The van der Waals surface area contributed by atoms with Gasteiger partial charge in [-0.05, 0) is 23.8 Å². The van der Waals surface area contributed by atoms with E-state index in [1.807, 2.05) is 12.1 Å². The van der Waals surface area contributed by atoms with Crippen LogP contribution < -0.4 is 4.90 Å². The maximum Gasteiger partial charge on any atom is 0.434 e. The van der Waals surface area contributed by atoms with Crippen molar-refractivity contribution in [1.29, 1.82) is 0 Å². The number of imidazole rings is 1. The number of hydrogen-bond donors (Lipinski definition) is 0. The molecule has 4 aromatic rings. The third-order valence-electron chi connectivity index (χ3n) is 5.02. The number of pyridine rings is 1. The summed E-state index contributed by atoms with van der Waals surface area (Å²) in [5, 5.41) is 0. The van der Waals surface area contributed by atoms with Crippen LogP contribution in [0.4, 0.5) is 19.0 Å². The van der Waals surface area contributed by atoms with E-state index in [-0.39, 0.29) is 17.6 Å². The van der Waals surface area contributed by atoms with Crippen LogP contribution in [-0.4, -0.2) is 49.0 Å². The number of alkyl halides is 3. The summed E-state index contributed by atoms with van der Waals surface area (Å²) in [5.74, 6) is 0.934. The minimum absolute atomic E-state index is 0.133. The minimum Gasteiger partial charge on any atom is -0.370 e. The molecule has 0 spiro atoms. The zero-order chi connectivity index (χ0) is 21.4. The summed E-state index contributed by atoms with van der Waals surface area (Å²) in [6.07, 6.45) is 3.75. The summed E-state index contributed by atoms with van der Waals surface area (Å²) in [4.78, 5) is 22.5. The molecule has 0 bridgehead atoms. The highest BCUT2D eigenvalue weighted by Gasteiger charge is 2.33. The van der Waals surface area contributed by atoms with Crippen LogP contribution in [0.1, 0.15) is 17.4 Å². The quantitative estimate of drug-likeness (QED) is 0.497. The summed E-state index contributed by atoms with van der Waals surface area (Å²) in [6.45, 7) is 1.73. The molecule has 0 aliphatic carbocycles. The van der Waals surface area contributed by atoms with Crippen molar-refractivity contribution in [1.82, 2.24) is 29.3 Å². The first-order valence-corrected chi connectivity index (χ1v) is 9.49. The van der Waals surface area contributed by atoms with Crippen LogP contribution in [0.25, 0.3) is 17.2 Å². The molecular formula is C20H16F3N7O. The fourth-order valence-electron chi connectivity index (χ4n) is 3.49. The molecule has 1 aliphatic heterocycles. The van der Waals surface area contributed by atoms with Gasteiger partial charge >= 0.3 is 6.18 Å². The molecule has 11 heteroatoms. The van der Waals surface area contributed by atoms with Gasteiger partial charge in [0.25, 0.3) is 0 Å². The Balaban J connectivity index is 1.47. The van der Waals surface area contributed by atoms with E-state index in [0.717, 1.165) is 18.0 Å². The van der Waals surface area contributed by atoms with E-state index in [0.29, 0.717) is 31.2 Å². The number of nitrogens with zero attached hydrogens (tertiary/aromatic N) is 7. The number of hydrogen-bond acceptors (Lipinski definition) is 7. The van der Waals surface area contributed by atoms with Gasteiger partial charge in [0.05, 0.1) is 19.0 Å². The molecule has 0 saturated carbocycles. The van der Waals surface area contributed by atoms with Crippen LogP contribution in [0.15, 0.2) is 55.4 Å². The zero-order valence-corrected chi connectivity index (χ0v) is 16.1. The predicted octanol–water partition coefficient (Wildman–Crippen LogP) is 3.18. The molecule has 1 fully saturated rings. The van der Waals surface area contributed by atoms with Gasteiger partial charge in [0, 0.05) is 37.9 Å². The van der Waals surface area contributed by atoms with E-state index in [9.17, 15) is 13.2 Å². The second-order valence-electron chi connectivity index (χ2n) is 6.97. The second kappa shape index (κ2) is 7.58. The fourth-order valence-corrected chi connectivity index (χ4v) is 3.49. The van der Waals surface area contributed by atoms with Crippen LogP contribution in [0.3, 0.4) is 0 Å². The Morgan fingerprint density at radius 3 is 2.65 bits per heavy atom. The molecule has 0 N–H and O–H groups in total. The van der Waals surface area contributed by atoms with Gasteiger partial charge in [0.1, 0.15) is 17.6 Å². The largest absolute Gasteiger partial charge is 0.434 e. The SMILES string of the molecule is FC(F)(F)c1cn2c(-c3nccc(N4CCOC(c5ccncc5)C4)n3)cnc2cn1. The van der Waals surface area contributed by atoms with Crippen molar-refractivity contribution in [2.75, 3.05) is 24.6 Å². The van der Waals surface area contributed by atoms with Gasteiger partial charge in [-0.25, -0.2) is 19.9 Å². The van der Waals surface area contributed by atoms with E-state index in [2.05, 4.69) is 29.8 Å². The van der Waals surface area contributed by atoms with Crippen LogP contribution >= 0.6 is 0 Å². The lowest BCUT2D eigenvalue weighted by Crippen LogP contribution is -2.38. The lowest BCUT2D eigenvalue weighted by molar-refractivity contribution is -0.141. The molecular weight excluding hydrogens is 411 g/mol.